The van der Waals surface area contributed by atoms with E-state index < -0.39 is 0 Å². The SMILES string of the molecule is O=C(NCc1cccnc1)C1CCN(C(=O)c2ncn3c2CO[C@H](c2ccc(F)cc2)C3)CC1. The number of ether oxygens (including phenoxy) is 1. The maximum absolute atomic E-state index is 13.2. The number of aromatic nitrogens is 3. The summed E-state index contributed by atoms with van der Waals surface area (Å²) in [5.74, 6) is -0.524. The Labute approximate surface area is 196 Å². The number of pyridine rings is 1. The van der Waals surface area contributed by atoms with Crippen LogP contribution in [-0.4, -0.2) is 44.3 Å². The van der Waals surface area contributed by atoms with E-state index in [9.17, 15) is 14.0 Å². The number of hydrogen-bond donors (Lipinski definition) is 1. The highest BCUT2D eigenvalue weighted by Gasteiger charge is 2.32. The molecular formula is C25H26FN5O3. The molecule has 2 aliphatic rings. The summed E-state index contributed by atoms with van der Waals surface area (Å²) in [4.78, 5) is 35.9. The van der Waals surface area contributed by atoms with Crippen LogP contribution < -0.4 is 5.32 Å². The number of rotatable bonds is 5. The van der Waals surface area contributed by atoms with E-state index >= 15 is 0 Å². The standard InChI is InChI=1S/C25H26FN5O3/c26-20-5-3-18(4-6-20)22-14-31-16-29-23(21(31)15-34-22)25(33)30-10-7-19(8-11-30)24(32)28-13-17-2-1-9-27-12-17/h1-6,9,12,16,19,22H,7-8,10-11,13-15H2,(H,28,32)/t22-/m0/s1. The summed E-state index contributed by atoms with van der Waals surface area (Å²) in [6.07, 6.45) is 6.11. The van der Waals surface area contributed by atoms with Crippen molar-refractivity contribution >= 4 is 11.8 Å². The Bertz CT molecular complexity index is 1160. The molecule has 8 nitrogen and oxygen atoms in total. The summed E-state index contributed by atoms with van der Waals surface area (Å²) in [5, 5.41) is 2.97. The number of amides is 2. The van der Waals surface area contributed by atoms with Crippen molar-refractivity contribution in [2.75, 3.05) is 13.1 Å². The number of fused-ring (bicyclic) bond motifs is 1. The van der Waals surface area contributed by atoms with Crippen molar-refractivity contribution in [3.8, 4) is 0 Å². The first kappa shape index (κ1) is 22.2. The van der Waals surface area contributed by atoms with Gasteiger partial charge in [0.25, 0.3) is 5.91 Å². The van der Waals surface area contributed by atoms with Crippen molar-refractivity contribution in [3.63, 3.8) is 0 Å². The van der Waals surface area contributed by atoms with Gasteiger partial charge in [-0.15, -0.1) is 0 Å². The van der Waals surface area contributed by atoms with Gasteiger partial charge in [0.2, 0.25) is 5.91 Å². The molecule has 0 saturated carbocycles. The number of imidazole rings is 1. The minimum Gasteiger partial charge on any atom is -0.365 e. The van der Waals surface area contributed by atoms with Crippen LogP contribution in [0.2, 0.25) is 0 Å². The lowest BCUT2D eigenvalue weighted by molar-refractivity contribution is -0.126. The topological polar surface area (TPSA) is 89.4 Å². The largest absolute Gasteiger partial charge is 0.365 e. The Kier molecular flexibility index (Phi) is 6.35. The smallest absolute Gasteiger partial charge is 0.274 e. The second-order valence-corrected chi connectivity index (χ2v) is 8.69. The monoisotopic (exact) mass is 463 g/mol. The fourth-order valence-electron chi connectivity index (χ4n) is 4.52. The number of nitrogens with zero attached hydrogens (tertiary/aromatic N) is 4. The molecule has 2 aromatic heterocycles. The fourth-order valence-corrected chi connectivity index (χ4v) is 4.52. The lowest BCUT2D eigenvalue weighted by Crippen LogP contribution is -2.43. The number of carbonyl (C=O) groups excluding carboxylic acids is 2. The molecule has 0 aliphatic carbocycles. The van der Waals surface area contributed by atoms with E-state index in [1.807, 2.05) is 16.7 Å². The number of piperidine rings is 1. The Morgan fingerprint density at radius 1 is 1.15 bits per heavy atom. The van der Waals surface area contributed by atoms with Crippen molar-refractivity contribution in [1.29, 1.82) is 0 Å². The third-order valence-corrected chi connectivity index (χ3v) is 6.52. The van der Waals surface area contributed by atoms with Crippen molar-refractivity contribution in [3.05, 3.63) is 83.5 Å². The summed E-state index contributed by atoms with van der Waals surface area (Å²) in [6, 6.07) is 10.0. The van der Waals surface area contributed by atoms with Crippen molar-refractivity contribution in [2.24, 2.45) is 5.92 Å². The van der Waals surface area contributed by atoms with Gasteiger partial charge in [-0.3, -0.25) is 14.6 Å². The van der Waals surface area contributed by atoms with Gasteiger partial charge >= 0.3 is 0 Å². The van der Waals surface area contributed by atoms with E-state index in [1.165, 1.54) is 12.1 Å². The number of benzene rings is 1. The van der Waals surface area contributed by atoms with Gasteiger partial charge in [-0.2, -0.15) is 0 Å². The molecule has 9 heteroatoms. The quantitative estimate of drug-likeness (QED) is 0.629. The van der Waals surface area contributed by atoms with Gasteiger partial charge < -0.3 is 19.5 Å². The summed E-state index contributed by atoms with van der Waals surface area (Å²) < 4.78 is 21.1. The highest BCUT2D eigenvalue weighted by molar-refractivity contribution is 5.93. The van der Waals surface area contributed by atoms with Crippen molar-refractivity contribution in [1.82, 2.24) is 24.8 Å². The van der Waals surface area contributed by atoms with Crippen molar-refractivity contribution in [2.45, 2.75) is 38.6 Å². The van der Waals surface area contributed by atoms with Crippen LogP contribution in [0.3, 0.4) is 0 Å². The molecule has 2 amide bonds. The third kappa shape index (κ3) is 4.70. The summed E-state index contributed by atoms with van der Waals surface area (Å²) in [7, 11) is 0. The molecule has 1 atom stereocenters. The molecule has 1 N–H and O–H groups in total. The van der Waals surface area contributed by atoms with Gasteiger partial charge in [-0.05, 0) is 42.2 Å². The lowest BCUT2D eigenvalue weighted by Gasteiger charge is -2.31. The first-order valence-electron chi connectivity index (χ1n) is 11.5. The number of hydrogen-bond acceptors (Lipinski definition) is 5. The molecule has 0 unspecified atom stereocenters. The van der Waals surface area contributed by atoms with E-state index in [-0.39, 0.29) is 36.3 Å². The van der Waals surface area contributed by atoms with Crippen LogP contribution in [0, 0.1) is 11.7 Å². The molecule has 0 bridgehead atoms. The molecule has 1 saturated heterocycles. The van der Waals surface area contributed by atoms with Gasteiger partial charge in [0.15, 0.2) is 5.69 Å². The molecule has 3 aromatic rings. The van der Waals surface area contributed by atoms with Crippen LogP contribution in [0.15, 0.2) is 55.1 Å². The minimum absolute atomic E-state index is 0.00978. The van der Waals surface area contributed by atoms with Crippen LogP contribution in [0.1, 0.15) is 46.3 Å². The van der Waals surface area contributed by atoms with Crippen LogP contribution in [0.5, 0.6) is 0 Å². The van der Waals surface area contributed by atoms with E-state index in [0.717, 1.165) is 16.8 Å². The highest BCUT2D eigenvalue weighted by atomic mass is 19.1. The van der Waals surface area contributed by atoms with Crippen LogP contribution in [0.25, 0.3) is 0 Å². The zero-order valence-corrected chi connectivity index (χ0v) is 18.7. The minimum atomic E-state index is -0.287. The van der Waals surface area contributed by atoms with Gasteiger partial charge in [-0.25, -0.2) is 9.37 Å². The summed E-state index contributed by atoms with van der Waals surface area (Å²) >= 11 is 0. The Balaban J connectivity index is 1.16. The molecule has 176 valence electrons. The summed E-state index contributed by atoms with van der Waals surface area (Å²) in [5.41, 5.74) is 2.99. The average Bonchev–Trinajstić information content (AvgIpc) is 3.31. The maximum atomic E-state index is 13.2. The Morgan fingerprint density at radius 2 is 1.94 bits per heavy atom. The van der Waals surface area contributed by atoms with E-state index in [0.29, 0.717) is 44.7 Å². The molecule has 4 heterocycles. The third-order valence-electron chi connectivity index (χ3n) is 6.52. The van der Waals surface area contributed by atoms with E-state index in [2.05, 4.69) is 15.3 Å². The number of halogens is 1. The van der Waals surface area contributed by atoms with Crippen LogP contribution in [0.4, 0.5) is 4.39 Å². The Hall–Kier alpha value is -3.59. The number of nitrogens with one attached hydrogen (secondary N) is 1. The Morgan fingerprint density at radius 3 is 2.68 bits per heavy atom. The average molecular weight is 464 g/mol. The number of carbonyl (C=O) groups is 2. The predicted molar refractivity (Wildman–Crippen MR) is 121 cm³/mol. The molecule has 1 aromatic carbocycles. The molecule has 34 heavy (non-hydrogen) atoms. The molecule has 0 radical (unpaired) electrons. The molecule has 5 rings (SSSR count). The van der Waals surface area contributed by atoms with Crippen molar-refractivity contribution < 1.29 is 18.7 Å². The normalized spacial score (nSPS) is 18.4. The second-order valence-electron chi connectivity index (χ2n) is 8.69. The fraction of sp³-hybridized carbons (Fsp3) is 0.360. The predicted octanol–water partition coefficient (Wildman–Crippen LogP) is 2.86. The highest BCUT2D eigenvalue weighted by Crippen LogP contribution is 2.29. The van der Waals surface area contributed by atoms with Gasteiger partial charge in [0, 0.05) is 37.9 Å². The zero-order chi connectivity index (χ0) is 23.5. The molecular weight excluding hydrogens is 437 g/mol. The second kappa shape index (κ2) is 9.72. The van der Waals surface area contributed by atoms with Gasteiger partial charge in [-0.1, -0.05) is 18.2 Å². The van der Waals surface area contributed by atoms with Crippen LogP contribution in [-0.2, 0) is 29.2 Å². The molecule has 2 aliphatic heterocycles. The number of likely N-dealkylation sites (tertiary alicyclic amines) is 1. The van der Waals surface area contributed by atoms with Crippen LogP contribution >= 0.6 is 0 Å². The first-order chi connectivity index (χ1) is 16.6. The molecule has 1 fully saturated rings. The maximum Gasteiger partial charge on any atom is 0.274 e. The zero-order valence-electron chi connectivity index (χ0n) is 18.7. The summed E-state index contributed by atoms with van der Waals surface area (Å²) in [6.45, 7) is 2.24. The first-order valence-corrected chi connectivity index (χ1v) is 11.5. The van der Waals surface area contributed by atoms with Gasteiger partial charge in [0.1, 0.15) is 11.9 Å². The van der Waals surface area contributed by atoms with Gasteiger partial charge in [0.05, 0.1) is 25.2 Å². The lowest BCUT2D eigenvalue weighted by atomic mass is 9.95. The van der Waals surface area contributed by atoms with E-state index in [1.54, 1.807) is 35.8 Å². The molecule has 0 spiro atoms. The van der Waals surface area contributed by atoms with E-state index in [4.69, 9.17) is 4.74 Å².